The van der Waals surface area contributed by atoms with Gasteiger partial charge >= 0.3 is 19.8 Å². The summed E-state index contributed by atoms with van der Waals surface area (Å²) in [5, 5.41) is 0. The van der Waals surface area contributed by atoms with Gasteiger partial charge in [-0.3, -0.25) is 14.1 Å². The summed E-state index contributed by atoms with van der Waals surface area (Å²) < 4.78 is 26.5. The molecule has 0 saturated heterocycles. The molecule has 57 heavy (non-hydrogen) atoms. The molecular formula is C48H93O8P. The van der Waals surface area contributed by atoms with Gasteiger partial charge in [-0.05, 0) is 32.1 Å². The van der Waals surface area contributed by atoms with Crippen molar-refractivity contribution >= 4 is 19.8 Å². The van der Waals surface area contributed by atoms with E-state index in [1.807, 2.05) is 0 Å². The van der Waals surface area contributed by atoms with Crippen molar-refractivity contribution in [2.45, 2.75) is 270 Å². The van der Waals surface area contributed by atoms with Crippen LogP contribution in [0, 0.1) is 0 Å². The molecule has 0 aromatic carbocycles. The first-order valence-electron chi connectivity index (χ1n) is 24.5. The summed E-state index contributed by atoms with van der Waals surface area (Å²) in [5.74, 6) is -0.905. The largest absolute Gasteiger partial charge is 0.469 e. The fourth-order valence-electron chi connectivity index (χ4n) is 7.38. The third kappa shape index (κ3) is 47.3. The van der Waals surface area contributed by atoms with Crippen molar-refractivity contribution in [1.82, 2.24) is 0 Å². The zero-order chi connectivity index (χ0) is 41.8. The molecule has 0 aliphatic carbocycles. The van der Waals surface area contributed by atoms with Crippen LogP contribution in [0.4, 0.5) is 0 Å². The monoisotopic (exact) mass is 829 g/mol. The van der Waals surface area contributed by atoms with Crippen molar-refractivity contribution in [3.8, 4) is 0 Å². The van der Waals surface area contributed by atoms with Gasteiger partial charge in [0.2, 0.25) is 0 Å². The number of phosphoric ester groups is 1. The molecule has 0 rings (SSSR count). The third-order valence-corrected chi connectivity index (χ3v) is 11.5. The zero-order valence-corrected chi connectivity index (χ0v) is 38.4. The molecule has 0 radical (unpaired) electrons. The van der Waals surface area contributed by atoms with Crippen LogP contribution in [0.5, 0.6) is 0 Å². The molecule has 0 unspecified atom stereocenters. The lowest BCUT2D eigenvalue weighted by molar-refractivity contribution is -0.161. The average Bonchev–Trinajstić information content (AvgIpc) is 3.18. The molecule has 0 aromatic heterocycles. The molecular weight excluding hydrogens is 735 g/mol. The fourth-order valence-corrected chi connectivity index (χ4v) is 7.74. The first-order valence-corrected chi connectivity index (χ1v) is 26.0. The quantitative estimate of drug-likeness (QED) is 0.0269. The summed E-state index contributed by atoms with van der Waals surface area (Å²) in [5.41, 5.74) is 0. The topological polar surface area (TPSA) is 119 Å². The third-order valence-electron chi connectivity index (χ3n) is 11.0. The lowest BCUT2D eigenvalue weighted by Gasteiger charge is -2.18. The van der Waals surface area contributed by atoms with Crippen LogP contribution in [0.25, 0.3) is 0 Å². The lowest BCUT2D eigenvalue weighted by Crippen LogP contribution is -2.29. The van der Waals surface area contributed by atoms with E-state index >= 15 is 0 Å². The Morgan fingerprint density at radius 2 is 0.754 bits per heavy atom. The maximum Gasteiger partial charge on any atom is 0.469 e. The van der Waals surface area contributed by atoms with Gasteiger partial charge in [-0.15, -0.1) is 0 Å². The van der Waals surface area contributed by atoms with E-state index in [4.69, 9.17) is 19.3 Å². The molecule has 0 heterocycles. The van der Waals surface area contributed by atoms with Gasteiger partial charge in [-0.1, -0.05) is 231 Å². The highest BCUT2D eigenvalue weighted by Crippen LogP contribution is 2.36. The van der Waals surface area contributed by atoms with Crippen LogP contribution in [0.2, 0.25) is 0 Å². The Bertz CT molecular complexity index is 935. The second-order valence-corrected chi connectivity index (χ2v) is 18.0. The number of carbonyl (C=O) groups is 2. The number of phosphoric acid groups is 1. The first kappa shape index (κ1) is 55.8. The Hall–Kier alpha value is -1.21. The number of ether oxygens (including phenoxy) is 2. The number of esters is 2. The van der Waals surface area contributed by atoms with Gasteiger partial charge in [-0.2, -0.15) is 0 Å². The summed E-state index contributed by atoms with van der Waals surface area (Å²) in [6.07, 6.45) is 51.0. The molecule has 0 aliphatic rings. The van der Waals surface area contributed by atoms with Crippen LogP contribution in [-0.4, -0.2) is 41.0 Å². The summed E-state index contributed by atoms with van der Waals surface area (Å²) in [7, 11) is -4.76. The van der Waals surface area contributed by atoms with E-state index in [2.05, 4.69) is 30.5 Å². The van der Waals surface area contributed by atoms with Gasteiger partial charge in [0.1, 0.15) is 6.61 Å². The maximum atomic E-state index is 12.4. The molecule has 2 N–H and O–H groups in total. The van der Waals surface area contributed by atoms with Crippen molar-refractivity contribution in [3.63, 3.8) is 0 Å². The van der Waals surface area contributed by atoms with E-state index in [1.165, 1.54) is 199 Å². The van der Waals surface area contributed by atoms with Crippen molar-refractivity contribution in [2.24, 2.45) is 0 Å². The van der Waals surface area contributed by atoms with Gasteiger partial charge in [-0.25, -0.2) is 4.57 Å². The van der Waals surface area contributed by atoms with Crippen LogP contribution >= 0.6 is 7.82 Å². The van der Waals surface area contributed by atoms with Crippen LogP contribution in [0.3, 0.4) is 0 Å². The van der Waals surface area contributed by atoms with E-state index in [1.54, 1.807) is 0 Å². The second kappa shape index (κ2) is 44.3. The number of allylic oxidation sites excluding steroid dienone is 2. The number of rotatable bonds is 46. The minimum Gasteiger partial charge on any atom is -0.462 e. The van der Waals surface area contributed by atoms with E-state index in [-0.39, 0.29) is 19.4 Å². The normalized spacial score (nSPS) is 12.4. The standard InChI is InChI=1S/C48H93O8P/c1-3-5-7-9-11-13-15-17-19-21-22-23-24-25-26-27-29-31-33-35-37-39-41-43-48(50)56-46(45-55-57(51,52)53)44-54-47(49)42-40-38-36-34-32-30-28-20-18-16-14-12-10-8-6-4-2/h35,37,46H,3-34,36,38-45H2,1-2H3,(H2,51,52,53)/b37-35+/t46-/m1/s1. The molecule has 0 saturated carbocycles. The Kier molecular flexibility index (Phi) is 43.4. The number of unbranched alkanes of at least 4 members (excludes halogenated alkanes) is 34. The number of hydrogen-bond donors (Lipinski definition) is 2. The van der Waals surface area contributed by atoms with Crippen molar-refractivity contribution < 1.29 is 37.9 Å². The highest BCUT2D eigenvalue weighted by Gasteiger charge is 2.22. The van der Waals surface area contributed by atoms with E-state index in [9.17, 15) is 14.2 Å². The molecule has 1 atom stereocenters. The fraction of sp³-hybridized carbons (Fsp3) is 0.917. The van der Waals surface area contributed by atoms with Crippen LogP contribution in [0.1, 0.15) is 264 Å². The SMILES string of the molecule is CCCCCCCCCCCCCCCCCCCC/C=C/CCCC(=O)O[C@H](COC(=O)CCCCCCCCCCCCCCCCCC)COP(=O)(O)O. The van der Waals surface area contributed by atoms with Gasteiger partial charge < -0.3 is 19.3 Å². The smallest absolute Gasteiger partial charge is 0.462 e. The average molecular weight is 829 g/mol. The van der Waals surface area contributed by atoms with E-state index < -0.39 is 32.5 Å². The highest BCUT2D eigenvalue weighted by molar-refractivity contribution is 7.46. The zero-order valence-electron chi connectivity index (χ0n) is 37.5. The van der Waals surface area contributed by atoms with Crippen LogP contribution < -0.4 is 0 Å². The van der Waals surface area contributed by atoms with E-state index in [0.717, 1.165) is 32.1 Å². The molecule has 0 spiro atoms. The Labute approximate surface area is 352 Å². The van der Waals surface area contributed by atoms with Gasteiger partial charge in [0, 0.05) is 12.8 Å². The molecule has 0 aromatic rings. The summed E-state index contributed by atoms with van der Waals surface area (Å²) in [6, 6.07) is 0. The minimum atomic E-state index is -4.76. The Morgan fingerprint density at radius 3 is 1.12 bits per heavy atom. The summed E-state index contributed by atoms with van der Waals surface area (Å²) in [6.45, 7) is 3.71. The molecule has 338 valence electrons. The van der Waals surface area contributed by atoms with Crippen LogP contribution in [-0.2, 0) is 28.2 Å². The second-order valence-electron chi connectivity index (χ2n) is 16.8. The molecule has 0 bridgehead atoms. The number of hydrogen-bond acceptors (Lipinski definition) is 6. The molecule has 9 heteroatoms. The summed E-state index contributed by atoms with van der Waals surface area (Å²) >= 11 is 0. The van der Waals surface area contributed by atoms with Crippen LogP contribution in [0.15, 0.2) is 12.2 Å². The van der Waals surface area contributed by atoms with Crippen molar-refractivity contribution in [2.75, 3.05) is 13.2 Å². The lowest BCUT2D eigenvalue weighted by atomic mass is 10.0. The van der Waals surface area contributed by atoms with Gasteiger partial charge in [0.25, 0.3) is 0 Å². The Balaban J connectivity index is 3.81. The van der Waals surface area contributed by atoms with Gasteiger partial charge in [0.15, 0.2) is 6.10 Å². The minimum absolute atomic E-state index is 0.170. The predicted molar refractivity (Wildman–Crippen MR) is 239 cm³/mol. The maximum absolute atomic E-state index is 12.4. The van der Waals surface area contributed by atoms with E-state index in [0.29, 0.717) is 6.42 Å². The number of carbonyl (C=O) groups excluding carboxylic acids is 2. The summed E-state index contributed by atoms with van der Waals surface area (Å²) in [4.78, 5) is 43.0. The van der Waals surface area contributed by atoms with Gasteiger partial charge in [0.05, 0.1) is 6.61 Å². The molecule has 0 aliphatic heterocycles. The predicted octanol–water partition coefficient (Wildman–Crippen LogP) is 15.4. The van der Waals surface area contributed by atoms with Crippen molar-refractivity contribution in [1.29, 1.82) is 0 Å². The Morgan fingerprint density at radius 1 is 0.439 bits per heavy atom. The molecule has 8 nitrogen and oxygen atoms in total. The van der Waals surface area contributed by atoms with Crippen molar-refractivity contribution in [3.05, 3.63) is 12.2 Å². The first-order chi connectivity index (χ1) is 27.8. The molecule has 0 amide bonds. The highest BCUT2D eigenvalue weighted by atomic mass is 31.2. The molecule has 0 fully saturated rings.